The molecule has 0 saturated heterocycles. The Morgan fingerprint density at radius 1 is 1.20 bits per heavy atom. The number of nitrogens with zero attached hydrogens (tertiary/aromatic N) is 2. The van der Waals surface area contributed by atoms with E-state index in [1.165, 1.54) is 11.4 Å². The number of nitrogens with one attached hydrogen (secondary N) is 2. The van der Waals surface area contributed by atoms with Crippen molar-refractivity contribution >= 4 is 44.7 Å². The van der Waals surface area contributed by atoms with E-state index in [-0.39, 0.29) is 52.7 Å². The Bertz CT molecular complexity index is 1460. The molecule has 0 aliphatic carbocycles. The molecule has 3 aromatic rings. The van der Waals surface area contributed by atoms with E-state index in [0.717, 1.165) is 11.3 Å². The van der Waals surface area contributed by atoms with Gasteiger partial charge >= 0.3 is 6.03 Å². The number of likely N-dealkylation sites (N-methyl/N-ethyl adjacent to an activating group) is 1. The fourth-order valence-electron chi connectivity index (χ4n) is 4.43. The number of aliphatic hydroxyl groups is 1. The number of amides is 3. The van der Waals surface area contributed by atoms with Crippen LogP contribution in [0.25, 0.3) is 0 Å². The summed E-state index contributed by atoms with van der Waals surface area (Å²) in [5, 5.41) is 17.1. The molecule has 2 heterocycles. The third-order valence-corrected chi connectivity index (χ3v) is 10.1. The van der Waals surface area contributed by atoms with Crippen molar-refractivity contribution in [2.45, 2.75) is 30.2 Å². The van der Waals surface area contributed by atoms with Gasteiger partial charge in [0.15, 0.2) is 5.75 Å². The third kappa shape index (κ3) is 6.81. The zero-order valence-electron chi connectivity index (χ0n) is 23.2. The summed E-state index contributed by atoms with van der Waals surface area (Å²) in [5.41, 5.74) is 0.948. The Morgan fingerprint density at radius 3 is 2.56 bits per heavy atom. The van der Waals surface area contributed by atoms with Crippen molar-refractivity contribution in [3.8, 4) is 11.5 Å². The van der Waals surface area contributed by atoms with Crippen LogP contribution < -0.4 is 20.1 Å². The molecular weight excluding hydrogens is 568 g/mol. The molecule has 3 N–H and O–H groups in total. The Balaban J connectivity index is 1.66. The van der Waals surface area contributed by atoms with Crippen molar-refractivity contribution in [3.05, 3.63) is 65.5 Å². The molecule has 1 aliphatic rings. The highest BCUT2D eigenvalue weighted by Gasteiger charge is 2.36. The Kier molecular flexibility index (Phi) is 9.53. The number of fused-ring (bicyclic) bond motifs is 1. The number of aliphatic hydroxyl groups excluding tert-OH is 1. The third-order valence-electron chi connectivity index (χ3n) is 6.88. The zero-order chi connectivity index (χ0) is 29.7. The van der Waals surface area contributed by atoms with Crippen molar-refractivity contribution in [2.24, 2.45) is 5.92 Å². The lowest BCUT2D eigenvalue weighted by molar-refractivity contribution is 0.0389. The summed E-state index contributed by atoms with van der Waals surface area (Å²) in [4.78, 5) is 28.1. The molecule has 0 saturated carbocycles. The highest BCUT2D eigenvalue weighted by atomic mass is 32.2. The standard InChI is InChI=1S/C28H34N4O7S2/c1-18-15-32(19(2)17-33)27(34)22-7-5-8-23(30-28(35)29-20-10-12-21(38-4)13-11-20)26(22)39-24(18)16-31(3)41(36,37)25-9-6-14-40-25/h5-14,18-19,24,33H,15-17H2,1-4H3,(H2,29,30,35)/t18-,19-,24-/m1/s1. The van der Waals surface area contributed by atoms with Crippen molar-refractivity contribution in [1.82, 2.24) is 9.21 Å². The van der Waals surface area contributed by atoms with Crippen LogP contribution in [0, 0.1) is 5.92 Å². The van der Waals surface area contributed by atoms with E-state index >= 15 is 0 Å². The second-order valence-corrected chi connectivity index (χ2v) is 13.0. The number of rotatable bonds is 9. The van der Waals surface area contributed by atoms with Crippen LogP contribution in [0.3, 0.4) is 0 Å². The first-order chi connectivity index (χ1) is 19.5. The smallest absolute Gasteiger partial charge is 0.323 e. The second kappa shape index (κ2) is 12.9. The summed E-state index contributed by atoms with van der Waals surface area (Å²) in [6.07, 6.45) is -0.692. The lowest BCUT2D eigenvalue weighted by Gasteiger charge is -2.38. The zero-order valence-corrected chi connectivity index (χ0v) is 24.9. The highest BCUT2D eigenvalue weighted by molar-refractivity contribution is 7.91. The van der Waals surface area contributed by atoms with Gasteiger partial charge in [0.2, 0.25) is 0 Å². The molecule has 3 amide bonds. The number of carbonyl (C=O) groups excluding carboxylic acids is 2. The number of thiophene rings is 1. The van der Waals surface area contributed by atoms with Crippen LogP contribution in [0.4, 0.5) is 16.2 Å². The van der Waals surface area contributed by atoms with Gasteiger partial charge in [0, 0.05) is 25.2 Å². The predicted octanol–water partition coefficient (Wildman–Crippen LogP) is 3.94. The van der Waals surface area contributed by atoms with Crippen LogP contribution in [0.2, 0.25) is 0 Å². The number of para-hydroxylation sites is 1. The van der Waals surface area contributed by atoms with Crippen LogP contribution >= 0.6 is 11.3 Å². The maximum absolute atomic E-state index is 13.7. The lowest BCUT2D eigenvalue weighted by atomic mass is 9.99. The topological polar surface area (TPSA) is 138 Å². The molecule has 1 aliphatic heterocycles. The molecule has 2 aromatic carbocycles. The average molecular weight is 603 g/mol. The minimum atomic E-state index is -3.77. The molecule has 220 valence electrons. The van der Waals surface area contributed by atoms with E-state index < -0.39 is 28.2 Å². The molecular formula is C28H34N4O7S2. The van der Waals surface area contributed by atoms with Gasteiger partial charge in [-0.1, -0.05) is 19.1 Å². The largest absolute Gasteiger partial charge is 0.497 e. The quantitative estimate of drug-likeness (QED) is 0.337. The summed E-state index contributed by atoms with van der Waals surface area (Å²) in [6, 6.07) is 13.7. The fourth-order valence-corrected chi connectivity index (χ4v) is 6.82. The first-order valence-electron chi connectivity index (χ1n) is 13.0. The minimum Gasteiger partial charge on any atom is -0.497 e. The van der Waals surface area contributed by atoms with Gasteiger partial charge in [0.25, 0.3) is 15.9 Å². The number of hydrogen-bond acceptors (Lipinski definition) is 8. The van der Waals surface area contributed by atoms with Crippen molar-refractivity contribution in [2.75, 3.05) is 44.5 Å². The first-order valence-corrected chi connectivity index (χ1v) is 15.3. The van der Waals surface area contributed by atoms with Crippen LogP contribution in [0.15, 0.2) is 64.2 Å². The Morgan fingerprint density at radius 2 is 1.93 bits per heavy atom. The number of urea groups is 1. The van der Waals surface area contributed by atoms with E-state index in [0.29, 0.717) is 11.4 Å². The van der Waals surface area contributed by atoms with Gasteiger partial charge in [-0.05, 0) is 54.8 Å². The minimum absolute atomic E-state index is 0.0112. The summed E-state index contributed by atoms with van der Waals surface area (Å²) < 4.78 is 39.4. The van der Waals surface area contributed by atoms with E-state index in [2.05, 4.69) is 10.6 Å². The number of benzene rings is 2. The number of methoxy groups -OCH3 is 1. The van der Waals surface area contributed by atoms with Gasteiger partial charge in [-0.25, -0.2) is 13.2 Å². The van der Waals surface area contributed by atoms with Gasteiger partial charge < -0.3 is 30.1 Å². The van der Waals surface area contributed by atoms with Crippen LogP contribution in [-0.4, -0.2) is 80.7 Å². The number of carbonyl (C=O) groups is 2. The van der Waals surface area contributed by atoms with Crippen molar-refractivity contribution in [1.29, 1.82) is 0 Å². The molecule has 0 bridgehead atoms. The maximum atomic E-state index is 13.7. The molecule has 0 spiro atoms. The molecule has 0 radical (unpaired) electrons. The van der Waals surface area contributed by atoms with Crippen LogP contribution in [0.1, 0.15) is 24.2 Å². The Hall–Kier alpha value is -3.65. The molecule has 1 aromatic heterocycles. The van der Waals surface area contributed by atoms with Crippen molar-refractivity contribution in [3.63, 3.8) is 0 Å². The van der Waals surface area contributed by atoms with E-state index in [1.807, 2.05) is 6.92 Å². The summed E-state index contributed by atoms with van der Waals surface area (Å²) >= 11 is 1.12. The summed E-state index contributed by atoms with van der Waals surface area (Å²) in [5.74, 6) is 0.0603. The summed E-state index contributed by atoms with van der Waals surface area (Å²) in [7, 11) is -0.738. The molecule has 3 atom stereocenters. The molecule has 4 rings (SSSR count). The molecule has 13 heteroatoms. The van der Waals surface area contributed by atoms with Gasteiger partial charge in [-0.3, -0.25) is 4.79 Å². The summed E-state index contributed by atoms with van der Waals surface area (Å²) in [6.45, 7) is 3.56. The highest BCUT2D eigenvalue weighted by Crippen LogP contribution is 2.35. The van der Waals surface area contributed by atoms with Crippen LogP contribution in [-0.2, 0) is 10.0 Å². The van der Waals surface area contributed by atoms with Gasteiger partial charge in [-0.15, -0.1) is 11.3 Å². The normalized spacial score (nSPS) is 18.1. The van der Waals surface area contributed by atoms with Gasteiger partial charge in [0.1, 0.15) is 16.1 Å². The SMILES string of the molecule is COc1ccc(NC(=O)Nc2cccc3c2O[C@H](CN(C)S(=O)(=O)c2cccs2)[C@H](C)CN([C@H](C)CO)C3=O)cc1. The van der Waals surface area contributed by atoms with E-state index in [4.69, 9.17) is 9.47 Å². The molecule has 0 fully saturated rings. The maximum Gasteiger partial charge on any atom is 0.323 e. The van der Waals surface area contributed by atoms with E-state index in [9.17, 15) is 23.1 Å². The lowest BCUT2D eigenvalue weighted by Crippen LogP contribution is -2.50. The predicted molar refractivity (Wildman–Crippen MR) is 157 cm³/mol. The molecule has 0 unspecified atom stereocenters. The van der Waals surface area contributed by atoms with Gasteiger partial charge in [0.05, 0.1) is 37.6 Å². The number of anilines is 2. The van der Waals surface area contributed by atoms with Gasteiger partial charge in [-0.2, -0.15) is 4.31 Å². The first kappa shape index (κ1) is 30.3. The fraction of sp³-hybridized carbons (Fsp3) is 0.357. The monoisotopic (exact) mass is 602 g/mol. The van der Waals surface area contributed by atoms with Crippen molar-refractivity contribution < 1.29 is 32.6 Å². The second-order valence-electron chi connectivity index (χ2n) is 9.83. The average Bonchev–Trinajstić information content (AvgIpc) is 3.51. The Labute approximate surface area is 243 Å². The number of hydrogen-bond donors (Lipinski definition) is 3. The molecule has 41 heavy (non-hydrogen) atoms. The number of sulfonamides is 1. The van der Waals surface area contributed by atoms with Crippen LogP contribution in [0.5, 0.6) is 11.5 Å². The number of ether oxygens (including phenoxy) is 2. The molecule has 11 nitrogen and oxygen atoms in total. The van der Waals surface area contributed by atoms with E-state index in [1.54, 1.807) is 78.9 Å².